The number of rotatable bonds is 6. The number of carbonyl (C=O) groups excluding carboxylic acids is 1. The molecule has 0 saturated carbocycles. The van der Waals surface area contributed by atoms with Gasteiger partial charge in [0.25, 0.3) is 5.91 Å². The lowest BCUT2D eigenvalue weighted by Crippen LogP contribution is -2.29. The van der Waals surface area contributed by atoms with Gasteiger partial charge in [-0.2, -0.15) is 0 Å². The normalized spacial score (nSPS) is 17.1. The third-order valence-corrected chi connectivity index (χ3v) is 5.77. The van der Waals surface area contributed by atoms with Crippen LogP contribution in [-0.4, -0.2) is 12.3 Å². The molecule has 3 aromatic rings. The molecule has 6 heteroatoms. The van der Waals surface area contributed by atoms with Crippen molar-refractivity contribution in [2.45, 2.75) is 38.6 Å². The third kappa shape index (κ3) is 5.28. The van der Waals surface area contributed by atoms with Gasteiger partial charge in [0.05, 0.1) is 6.04 Å². The standard InChI is InChI=1S/C27H24F3NO2/c1-18-11-13-23(14-12-18)31-25(21-9-6-10-24(16-21)33-27(28,29)30)17-22(26(31)32)15-19(2)20-7-4-3-5-8-20/h3-14,16-17,19,25H,15H2,1-2H3/t19-,25+/m0/s1. The summed E-state index contributed by atoms with van der Waals surface area (Å²) in [4.78, 5) is 15.1. The first-order valence-electron chi connectivity index (χ1n) is 10.7. The predicted molar refractivity (Wildman–Crippen MR) is 122 cm³/mol. The van der Waals surface area contributed by atoms with Crippen molar-refractivity contribution in [1.29, 1.82) is 0 Å². The molecule has 0 bridgehead atoms. The lowest BCUT2D eigenvalue weighted by molar-refractivity contribution is -0.274. The van der Waals surface area contributed by atoms with E-state index in [0.717, 1.165) is 11.1 Å². The minimum atomic E-state index is -4.78. The molecule has 1 aliphatic heterocycles. The first-order valence-corrected chi connectivity index (χ1v) is 10.7. The van der Waals surface area contributed by atoms with Gasteiger partial charge in [-0.05, 0) is 60.7 Å². The van der Waals surface area contributed by atoms with Crippen LogP contribution in [0.2, 0.25) is 0 Å². The third-order valence-electron chi connectivity index (χ3n) is 5.77. The molecule has 2 atom stereocenters. The topological polar surface area (TPSA) is 29.5 Å². The second-order valence-corrected chi connectivity index (χ2v) is 8.28. The number of aryl methyl sites for hydroxylation is 1. The SMILES string of the molecule is Cc1ccc(N2C(=O)C(C[C@H](C)c3ccccc3)=C[C@@H]2c2cccc(OC(F)(F)F)c2)cc1. The Balaban J connectivity index is 1.70. The number of alkyl halides is 3. The Hall–Kier alpha value is -3.54. The maximum Gasteiger partial charge on any atom is 0.573 e. The highest BCUT2D eigenvalue weighted by Gasteiger charge is 2.36. The quantitative estimate of drug-likeness (QED) is 0.400. The van der Waals surface area contributed by atoms with Crippen molar-refractivity contribution in [3.05, 3.63) is 107 Å². The van der Waals surface area contributed by atoms with E-state index in [2.05, 4.69) is 11.7 Å². The van der Waals surface area contributed by atoms with Crippen LogP contribution < -0.4 is 9.64 Å². The van der Waals surface area contributed by atoms with Crippen LogP contribution in [-0.2, 0) is 4.79 Å². The van der Waals surface area contributed by atoms with E-state index < -0.39 is 12.4 Å². The first-order chi connectivity index (χ1) is 15.7. The summed E-state index contributed by atoms with van der Waals surface area (Å²) in [5.74, 6) is -0.343. The second kappa shape index (κ2) is 9.14. The summed E-state index contributed by atoms with van der Waals surface area (Å²) in [5.41, 5.74) is 4.05. The molecule has 1 aliphatic rings. The Bertz CT molecular complexity index is 1150. The van der Waals surface area contributed by atoms with Crippen LogP contribution in [0, 0.1) is 6.92 Å². The van der Waals surface area contributed by atoms with Crippen LogP contribution in [0.1, 0.15) is 42.0 Å². The molecule has 0 fully saturated rings. The molecule has 4 rings (SSSR count). The van der Waals surface area contributed by atoms with Crippen LogP contribution in [0.15, 0.2) is 90.5 Å². The highest BCUT2D eigenvalue weighted by Crippen LogP contribution is 2.40. The average Bonchev–Trinajstić information content (AvgIpc) is 3.10. The van der Waals surface area contributed by atoms with Gasteiger partial charge >= 0.3 is 6.36 Å². The molecule has 0 unspecified atom stereocenters. The van der Waals surface area contributed by atoms with Crippen molar-refractivity contribution in [3.8, 4) is 5.75 Å². The van der Waals surface area contributed by atoms with Crippen molar-refractivity contribution >= 4 is 11.6 Å². The van der Waals surface area contributed by atoms with Gasteiger partial charge in [0.1, 0.15) is 5.75 Å². The predicted octanol–water partition coefficient (Wildman–Crippen LogP) is 7.10. The number of halogens is 3. The van der Waals surface area contributed by atoms with Crippen LogP contribution in [0.4, 0.5) is 18.9 Å². The van der Waals surface area contributed by atoms with Crippen LogP contribution in [0.5, 0.6) is 5.75 Å². The molecular weight excluding hydrogens is 427 g/mol. The van der Waals surface area contributed by atoms with E-state index in [1.54, 1.807) is 11.0 Å². The number of carbonyl (C=O) groups is 1. The Morgan fingerprint density at radius 3 is 2.33 bits per heavy atom. The zero-order valence-electron chi connectivity index (χ0n) is 18.3. The summed E-state index contributed by atoms with van der Waals surface area (Å²) >= 11 is 0. The van der Waals surface area contributed by atoms with Crippen molar-refractivity contribution in [3.63, 3.8) is 0 Å². The van der Waals surface area contributed by atoms with E-state index in [1.807, 2.05) is 67.6 Å². The summed E-state index contributed by atoms with van der Waals surface area (Å²) in [6, 6.07) is 22.7. The number of anilines is 1. The van der Waals surface area contributed by atoms with E-state index in [9.17, 15) is 18.0 Å². The molecule has 3 nitrogen and oxygen atoms in total. The Morgan fingerprint density at radius 2 is 1.67 bits per heavy atom. The van der Waals surface area contributed by atoms with Crippen molar-refractivity contribution < 1.29 is 22.7 Å². The van der Waals surface area contributed by atoms with Gasteiger partial charge in [-0.15, -0.1) is 13.2 Å². The minimum Gasteiger partial charge on any atom is -0.406 e. The molecule has 1 amide bonds. The maximum atomic E-state index is 13.5. The summed E-state index contributed by atoms with van der Waals surface area (Å²) < 4.78 is 42.4. The van der Waals surface area contributed by atoms with Crippen molar-refractivity contribution in [2.75, 3.05) is 4.90 Å². The van der Waals surface area contributed by atoms with Crippen molar-refractivity contribution in [2.24, 2.45) is 0 Å². The largest absolute Gasteiger partial charge is 0.573 e. The smallest absolute Gasteiger partial charge is 0.406 e. The van der Waals surface area contributed by atoms with E-state index in [4.69, 9.17) is 0 Å². The summed E-state index contributed by atoms with van der Waals surface area (Å²) in [5, 5.41) is 0. The molecule has 0 spiro atoms. The monoisotopic (exact) mass is 451 g/mol. The zero-order chi connectivity index (χ0) is 23.6. The Morgan fingerprint density at radius 1 is 0.970 bits per heavy atom. The van der Waals surface area contributed by atoms with Crippen molar-refractivity contribution in [1.82, 2.24) is 0 Å². The summed E-state index contributed by atoms with van der Waals surface area (Å²) in [6.45, 7) is 4.01. The molecule has 0 saturated heterocycles. The molecule has 170 valence electrons. The van der Waals surface area contributed by atoms with Crippen LogP contribution >= 0.6 is 0 Å². The number of benzene rings is 3. The number of hydrogen-bond donors (Lipinski definition) is 0. The fourth-order valence-electron chi connectivity index (χ4n) is 4.13. The number of nitrogens with zero attached hydrogens (tertiary/aromatic N) is 1. The first kappa shape index (κ1) is 22.6. The maximum absolute atomic E-state index is 13.5. The van der Waals surface area contributed by atoms with Gasteiger partial charge in [0.2, 0.25) is 0 Å². The fraction of sp³-hybridized carbons (Fsp3) is 0.222. The Kier molecular flexibility index (Phi) is 6.27. The van der Waals surface area contributed by atoms with Gasteiger partial charge < -0.3 is 4.74 Å². The fourth-order valence-corrected chi connectivity index (χ4v) is 4.13. The molecule has 0 radical (unpaired) electrons. The average molecular weight is 451 g/mol. The molecule has 0 aromatic heterocycles. The van der Waals surface area contributed by atoms with E-state index in [1.165, 1.54) is 18.2 Å². The van der Waals surface area contributed by atoms with E-state index in [0.29, 0.717) is 23.2 Å². The lowest BCUT2D eigenvalue weighted by atomic mass is 9.93. The Labute approximate surface area is 191 Å². The summed E-state index contributed by atoms with van der Waals surface area (Å²) in [6.07, 6.45) is -2.40. The number of amides is 1. The van der Waals surface area contributed by atoms with E-state index >= 15 is 0 Å². The van der Waals surface area contributed by atoms with Crippen LogP contribution in [0.3, 0.4) is 0 Å². The highest BCUT2D eigenvalue weighted by atomic mass is 19.4. The van der Waals surface area contributed by atoms with Gasteiger partial charge in [-0.1, -0.05) is 67.1 Å². The van der Waals surface area contributed by atoms with Gasteiger partial charge in [0.15, 0.2) is 0 Å². The molecule has 0 aliphatic carbocycles. The number of hydrogen-bond acceptors (Lipinski definition) is 2. The molecule has 33 heavy (non-hydrogen) atoms. The number of ether oxygens (including phenoxy) is 1. The van der Waals surface area contributed by atoms with Gasteiger partial charge in [-0.3, -0.25) is 9.69 Å². The molecule has 3 aromatic carbocycles. The molecule has 1 heterocycles. The second-order valence-electron chi connectivity index (χ2n) is 8.28. The summed E-state index contributed by atoms with van der Waals surface area (Å²) in [7, 11) is 0. The molecular formula is C27H24F3NO2. The minimum absolute atomic E-state index is 0.111. The highest BCUT2D eigenvalue weighted by molar-refractivity contribution is 6.09. The van der Waals surface area contributed by atoms with Crippen LogP contribution in [0.25, 0.3) is 0 Å². The van der Waals surface area contributed by atoms with Gasteiger partial charge in [0, 0.05) is 11.3 Å². The molecule has 0 N–H and O–H groups in total. The zero-order valence-corrected chi connectivity index (χ0v) is 18.3. The lowest BCUT2D eigenvalue weighted by Gasteiger charge is -2.26. The van der Waals surface area contributed by atoms with E-state index in [-0.39, 0.29) is 17.6 Å². The van der Waals surface area contributed by atoms with Gasteiger partial charge in [-0.25, -0.2) is 0 Å².